The predicted molar refractivity (Wildman–Crippen MR) is 87.6 cm³/mol. The van der Waals surface area contributed by atoms with Crippen molar-refractivity contribution < 1.29 is 0 Å². The molecule has 0 heterocycles. The zero-order chi connectivity index (χ0) is 13.6. The van der Waals surface area contributed by atoms with Gasteiger partial charge in [-0.25, -0.2) is 0 Å². The van der Waals surface area contributed by atoms with Crippen molar-refractivity contribution in [1.29, 1.82) is 0 Å². The van der Waals surface area contributed by atoms with E-state index in [1.54, 1.807) is 11.1 Å². The molecular formula is C18H21Br. The van der Waals surface area contributed by atoms with E-state index < -0.39 is 0 Å². The molecule has 1 saturated carbocycles. The Morgan fingerprint density at radius 1 is 1.37 bits per heavy atom. The Hall–Kier alpha value is -0.820. The van der Waals surface area contributed by atoms with E-state index in [2.05, 4.69) is 48.5 Å². The molecule has 1 unspecified atom stereocenters. The topological polar surface area (TPSA) is 0 Å². The first-order valence-electron chi connectivity index (χ1n) is 7.23. The first kappa shape index (κ1) is 13.2. The Kier molecular flexibility index (Phi) is 3.42. The normalized spacial score (nSPS) is 22.5. The van der Waals surface area contributed by atoms with Crippen molar-refractivity contribution in [2.24, 2.45) is 5.92 Å². The third kappa shape index (κ3) is 2.33. The van der Waals surface area contributed by atoms with Crippen LogP contribution < -0.4 is 0 Å². The smallest absolute Gasteiger partial charge is 0.0401 e. The molecule has 0 aromatic heterocycles. The van der Waals surface area contributed by atoms with Crippen LogP contribution in [0.15, 0.2) is 18.2 Å². The van der Waals surface area contributed by atoms with E-state index in [0.29, 0.717) is 4.83 Å². The van der Waals surface area contributed by atoms with Crippen molar-refractivity contribution in [3.8, 4) is 0 Å². The number of rotatable bonds is 3. The number of alkyl halides is 1. The molecule has 1 atom stereocenters. The van der Waals surface area contributed by atoms with Crippen molar-refractivity contribution in [2.75, 3.05) is 0 Å². The van der Waals surface area contributed by atoms with Crippen molar-refractivity contribution in [2.45, 2.75) is 44.4 Å². The average molecular weight is 317 g/mol. The molecule has 1 heteroatoms. The predicted octanol–water partition coefficient (Wildman–Crippen LogP) is 5.83. The average Bonchev–Trinajstić information content (AvgIpc) is 3.18. The molecule has 2 aliphatic rings. The summed E-state index contributed by atoms with van der Waals surface area (Å²) < 4.78 is 0. The Morgan fingerprint density at radius 2 is 2.11 bits per heavy atom. The van der Waals surface area contributed by atoms with Crippen LogP contribution in [0.3, 0.4) is 0 Å². The molecule has 0 saturated heterocycles. The van der Waals surface area contributed by atoms with Crippen LogP contribution >= 0.6 is 15.9 Å². The van der Waals surface area contributed by atoms with Crippen molar-refractivity contribution in [1.82, 2.24) is 0 Å². The minimum Gasteiger partial charge on any atom is -0.0984 e. The molecule has 0 radical (unpaired) electrons. The Labute approximate surface area is 124 Å². The fourth-order valence-corrected chi connectivity index (χ4v) is 3.85. The summed E-state index contributed by atoms with van der Waals surface area (Å²) in [7, 11) is 0. The third-order valence-electron chi connectivity index (χ3n) is 4.63. The molecule has 3 rings (SSSR count). The minimum atomic E-state index is 0.530. The van der Waals surface area contributed by atoms with Crippen LogP contribution in [-0.2, 0) is 6.42 Å². The fraction of sp³-hybridized carbons (Fsp3) is 0.444. The molecule has 1 fully saturated rings. The molecule has 19 heavy (non-hydrogen) atoms. The molecule has 1 aromatic rings. The molecule has 0 aliphatic heterocycles. The zero-order valence-corrected chi connectivity index (χ0v) is 13.4. The van der Waals surface area contributed by atoms with Crippen molar-refractivity contribution >= 4 is 28.1 Å². The van der Waals surface area contributed by atoms with Crippen LogP contribution in [0.2, 0.25) is 0 Å². The van der Waals surface area contributed by atoms with Gasteiger partial charge < -0.3 is 0 Å². The van der Waals surface area contributed by atoms with E-state index >= 15 is 0 Å². The highest BCUT2D eigenvalue weighted by Crippen LogP contribution is 2.43. The van der Waals surface area contributed by atoms with Crippen molar-refractivity contribution in [3.63, 3.8) is 0 Å². The van der Waals surface area contributed by atoms with E-state index in [1.165, 1.54) is 47.9 Å². The highest BCUT2D eigenvalue weighted by molar-refractivity contribution is 9.09. The lowest BCUT2D eigenvalue weighted by molar-refractivity contribution is 0.901. The van der Waals surface area contributed by atoms with E-state index in [0.717, 1.165) is 5.92 Å². The van der Waals surface area contributed by atoms with Crippen LogP contribution in [0.1, 0.15) is 58.8 Å². The van der Waals surface area contributed by atoms with Gasteiger partial charge in [0.1, 0.15) is 0 Å². The highest BCUT2D eigenvalue weighted by Gasteiger charge is 2.26. The second kappa shape index (κ2) is 4.94. The van der Waals surface area contributed by atoms with Crippen molar-refractivity contribution in [3.05, 3.63) is 46.0 Å². The van der Waals surface area contributed by atoms with Gasteiger partial charge >= 0.3 is 0 Å². The summed E-state index contributed by atoms with van der Waals surface area (Å²) >= 11 is 3.79. The molecule has 0 N–H and O–H groups in total. The molecule has 0 amide bonds. The summed E-state index contributed by atoms with van der Waals surface area (Å²) in [5.74, 6) is 0.842. The maximum atomic E-state index is 4.01. The van der Waals surface area contributed by atoms with E-state index in [-0.39, 0.29) is 0 Å². The molecule has 0 nitrogen and oxygen atoms in total. The number of fused-ring (bicyclic) bond motifs is 1. The van der Waals surface area contributed by atoms with Crippen LogP contribution in [0, 0.1) is 12.8 Å². The van der Waals surface area contributed by atoms with Gasteiger partial charge in [-0.05, 0) is 79.3 Å². The molecule has 1 aromatic carbocycles. The van der Waals surface area contributed by atoms with Crippen LogP contribution in [0.4, 0.5) is 0 Å². The minimum absolute atomic E-state index is 0.530. The van der Waals surface area contributed by atoms with E-state index in [9.17, 15) is 0 Å². The van der Waals surface area contributed by atoms with Crippen LogP contribution in [0.25, 0.3) is 12.2 Å². The first-order valence-corrected chi connectivity index (χ1v) is 8.14. The lowest BCUT2D eigenvalue weighted by Gasteiger charge is -2.14. The first-order chi connectivity index (χ1) is 9.11. The summed E-state index contributed by atoms with van der Waals surface area (Å²) in [6.07, 6.45) is 9.60. The molecule has 0 spiro atoms. The molecule has 100 valence electrons. The quantitative estimate of drug-likeness (QED) is 0.615. The molecular weight excluding hydrogens is 296 g/mol. The fourth-order valence-electron chi connectivity index (χ4n) is 3.21. The van der Waals surface area contributed by atoms with Gasteiger partial charge in [-0.15, -0.1) is 0 Å². The lowest BCUT2D eigenvalue weighted by atomic mass is 9.92. The van der Waals surface area contributed by atoms with Crippen LogP contribution in [-0.4, -0.2) is 0 Å². The van der Waals surface area contributed by atoms with Gasteiger partial charge in [-0.3, -0.25) is 0 Å². The largest absolute Gasteiger partial charge is 0.0984 e. The summed E-state index contributed by atoms with van der Waals surface area (Å²) in [4.78, 5) is 0.530. The Balaban J connectivity index is 2.13. The lowest BCUT2D eigenvalue weighted by Crippen LogP contribution is -1.96. The van der Waals surface area contributed by atoms with Gasteiger partial charge in [0.15, 0.2) is 0 Å². The molecule has 0 bridgehead atoms. The Bertz CT molecular complexity index is 562. The highest BCUT2D eigenvalue weighted by atomic mass is 79.9. The van der Waals surface area contributed by atoms with Gasteiger partial charge in [0, 0.05) is 4.83 Å². The summed E-state index contributed by atoms with van der Waals surface area (Å²) in [6, 6.07) is 2.34. The number of hydrogen-bond acceptors (Lipinski definition) is 0. The maximum Gasteiger partial charge on any atom is 0.0401 e. The zero-order valence-electron chi connectivity index (χ0n) is 11.8. The third-order valence-corrected chi connectivity index (χ3v) is 5.58. The number of hydrogen-bond donors (Lipinski definition) is 0. The SMILES string of the molecule is C=Cc1cc2c(c(C)c1/C=C(\C)C1CC1)CCC2Br. The second-order valence-electron chi connectivity index (χ2n) is 5.95. The van der Waals surface area contributed by atoms with Crippen LogP contribution in [0.5, 0.6) is 0 Å². The van der Waals surface area contributed by atoms with Gasteiger partial charge in [0.2, 0.25) is 0 Å². The summed E-state index contributed by atoms with van der Waals surface area (Å²) in [5.41, 5.74) is 8.74. The monoisotopic (exact) mass is 316 g/mol. The summed E-state index contributed by atoms with van der Waals surface area (Å²) in [5, 5.41) is 0. The standard InChI is InChI=1S/C18H21Br/c1-4-13-10-17-15(7-8-18(17)19)12(3)16(13)9-11(2)14-5-6-14/h4,9-10,14,18H,1,5-8H2,2-3H3/b11-9+. The van der Waals surface area contributed by atoms with Gasteiger partial charge in [-0.1, -0.05) is 40.2 Å². The second-order valence-corrected chi connectivity index (χ2v) is 7.05. The molecule has 2 aliphatic carbocycles. The van der Waals surface area contributed by atoms with E-state index in [1.807, 2.05) is 6.08 Å². The Morgan fingerprint density at radius 3 is 2.74 bits per heavy atom. The van der Waals surface area contributed by atoms with Gasteiger partial charge in [-0.2, -0.15) is 0 Å². The number of halogens is 1. The summed E-state index contributed by atoms with van der Waals surface area (Å²) in [6.45, 7) is 8.57. The maximum absolute atomic E-state index is 4.01. The van der Waals surface area contributed by atoms with Gasteiger partial charge in [0.05, 0.1) is 0 Å². The number of benzene rings is 1. The van der Waals surface area contributed by atoms with E-state index in [4.69, 9.17) is 0 Å². The number of allylic oxidation sites excluding steroid dienone is 1. The van der Waals surface area contributed by atoms with Gasteiger partial charge in [0.25, 0.3) is 0 Å².